The molecule has 1 amide bonds. The molecule has 1 aromatic heterocycles. The van der Waals surface area contributed by atoms with Crippen LogP contribution in [0.15, 0.2) is 23.7 Å². The normalized spacial score (nSPS) is 15.3. The number of amides is 1. The van der Waals surface area contributed by atoms with Crippen LogP contribution in [0, 0.1) is 0 Å². The highest BCUT2D eigenvalue weighted by atomic mass is 32.1. The summed E-state index contributed by atoms with van der Waals surface area (Å²) in [5.74, 6) is 1.03. The second-order valence-electron chi connectivity index (χ2n) is 5.44. The fraction of sp³-hybridized carbons (Fsp3) is 0.438. The highest BCUT2D eigenvalue weighted by Crippen LogP contribution is 2.31. The summed E-state index contributed by atoms with van der Waals surface area (Å²) in [6, 6.07) is 5.37. The average molecular weight is 348 g/mol. The van der Waals surface area contributed by atoms with E-state index in [0.29, 0.717) is 30.2 Å². The third-order valence-electron chi connectivity index (χ3n) is 4.06. The Morgan fingerprint density at radius 2 is 2.00 bits per heavy atom. The van der Waals surface area contributed by atoms with Crippen molar-refractivity contribution in [1.29, 1.82) is 0 Å². The van der Waals surface area contributed by atoms with Gasteiger partial charge in [0.25, 0.3) is 5.91 Å². The van der Waals surface area contributed by atoms with Gasteiger partial charge in [0.1, 0.15) is 10.5 Å². The number of carbonyl (C=O) groups is 1. The molecule has 8 heteroatoms. The third kappa shape index (κ3) is 3.49. The Kier molecular flexibility index (Phi) is 5.27. The van der Waals surface area contributed by atoms with E-state index in [1.807, 2.05) is 4.90 Å². The topological polar surface area (TPSA) is 67.8 Å². The Balaban J connectivity index is 1.65. The van der Waals surface area contributed by atoms with Crippen LogP contribution in [0.5, 0.6) is 11.5 Å². The summed E-state index contributed by atoms with van der Waals surface area (Å²) in [4.78, 5) is 17.0. The first-order chi connectivity index (χ1) is 11.7. The molecule has 2 aromatic rings. The van der Waals surface area contributed by atoms with E-state index in [0.717, 1.165) is 24.6 Å². The molecular formula is C16H20N4O3S. The van der Waals surface area contributed by atoms with Gasteiger partial charge in [-0.1, -0.05) is 6.07 Å². The van der Waals surface area contributed by atoms with Crippen LogP contribution in [-0.4, -0.2) is 66.3 Å². The van der Waals surface area contributed by atoms with Gasteiger partial charge in [-0.05, 0) is 12.1 Å². The Morgan fingerprint density at radius 3 is 2.62 bits per heavy atom. The number of piperazine rings is 1. The largest absolute Gasteiger partial charge is 0.493 e. The van der Waals surface area contributed by atoms with Crippen molar-refractivity contribution >= 4 is 17.2 Å². The molecular weight excluding hydrogens is 328 g/mol. The number of aromatic nitrogens is 2. The Morgan fingerprint density at radius 1 is 1.21 bits per heavy atom. The molecule has 1 saturated heterocycles. The van der Waals surface area contributed by atoms with Crippen molar-refractivity contribution in [2.75, 3.05) is 40.4 Å². The van der Waals surface area contributed by atoms with E-state index in [-0.39, 0.29) is 5.91 Å². The summed E-state index contributed by atoms with van der Waals surface area (Å²) in [7, 11) is 3.12. The minimum Gasteiger partial charge on any atom is -0.493 e. The maximum atomic E-state index is 12.8. The first-order valence-corrected chi connectivity index (χ1v) is 8.58. The monoisotopic (exact) mass is 348 g/mol. The van der Waals surface area contributed by atoms with E-state index in [1.165, 1.54) is 0 Å². The second-order valence-corrected chi connectivity index (χ2v) is 6.36. The summed E-state index contributed by atoms with van der Waals surface area (Å²) in [5.41, 5.74) is 2.28. The predicted octanol–water partition coefficient (Wildman–Crippen LogP) is 1.51. The van der Waals surface area contributed by atoms with E-state index in [1.54, 1.807) is 49.3 Å². The smallest absolute Gasteiger partial charge is 0.257 e. The van der Waals surface area contributed by atoms with Gasteiger partial charge in [-0.2, -0.15) is 0 Å². The second kappa shape index (κ2) is 7.59. The van der Waals surface area contributed by atoms with E-state index in [4.69, 9.17) is 9.47 Å². The quantitative estimate of drug-likeness (QED) is 0.816. The molecule has 0 unspecified atom stereocenters. The van der Waals surface area contributed by atoms with Crippen LogP contribution >= 0.6 is 11.3 Å². The van der Waals surface area contributed by atoms with Gasteiger partial charge in [0.15, 0.2) is 11.5 Å². The van der Waals surface area contributed by atoms with Gasteiger partial charge in [-0.3, -0.25) is 9.69 Å². The van der Waals surface area contributed by atoms with Crippen LogP contribution < -0.4 is 9.47 Å². The molecule has 1 aliphatic heterocycles. The van der Waals surface area contributed by atoms with Crippen LogP contribution in [0.2, 0.25) is 0 Å². The van der Waals surface area contributed by atoms with E-state index >= 15 is 0 Å². The summed E-state index contributed by atoms with van der Waals surface area (Å²) >= 11 is 1.55. The Bertz CT molecular complexity index is 685. The van der Waals surface area contributed by atoms with E-state index < -0.39 is 0 Å². The Labute approximate surface area is 144 Å². The fourth-order valence-electron chi connectivity index (χ4n) is 2.79. The highest BCUT2D eigenvalue weighted by molar-refractivity contribution is 7.09. The number of methoxy groups -OCH3 is 2. The van der Waals surface area contributed by atoms with Crippen LogP contribution in [0.3, 0.4) is 0 Å². The number of hydrogen-bond donors (Lipinski definition) is 0. The molecule has 24 heavy (non-hydrogen) atoms. The molecule has 7 nitrogen and oxygen atoms in total. The van der Waals surface area contributed by atoms with Crippen molar-refractivity contribution in [2.24, 2.45) is 0 Å². The molecule has 1 fully saturated rings. The molecule has 128 valence electrons. The molecule has 0 spiro atoms. The summed E-state index contributed by atoms with van der Waals surface area (Å²) in [5, 5.41) is 8.93. The zero-order chi connectivity index (χ0) is 16.9. The molecule has 0 atom stereocenters. The van der Waals surface area contributed by atoms with Crippen LogP contribution in [0.4, 0.5) is 0 Å². The lowest BCUT2D eigenvalue weighted by Crippen LogP contribution is -2.48. The van der Waals surface area contributed by atoms with E-state index in [9.17, 15) is 4.79 Å². The number of hydrogen-bond acceptors (Lipinski definition) is 7. The van der Waals surface area contributed by atoms with Crippen molar-refractivity contribution in [1.82, 2.24) is 20.0 Å². The fourth-order valence-corrected chi connectivity index (χ4v) is 3.36. The van der Waals surface area contributed by atoms with E-state index in [2.05, 4.69) is 15.1 Å². The number of ether oxygens (including phenoxy) is 2. The molecule has 3 rings (SSSR count). The molecule has 1 aliphatic rings. The van der Waals surface area contributed by atoms with Crippen LogP contribution in [0.1, 0.15) is 15.4 Å². The zero-order valence-electron chi connectivity index (χ0n) is 13.8. The maximum Gasteiger partial charge on any atom is 0.257 e. The number of benzene rings is 1. The zero-order valence-corrected chi connectivity index (χ0v) is 14.6. The van der Waals surface area contributed by atoms with Crippen molar-refractivity contribution < 1.29 is 14.3 Å². The SMILES string of the molecule is COc1cccc(C(=O)N2CCN(Cc3nncs3)CC2)c1OC. The van der Waals surface area contributed by atoms with Gasteiger partial charge >= 0.3 is 0 Å². The lowest BCUT2D eigenvalue weighted by Gasteiger charge is -2.34. The molecule has 0 N–H and O–H groups in total. The molecule has 0 radical (unpaired) electrons. The molecule has 0 bridgehead atoms. The minimum atomic E-state index is -0.0266. The summed E-state index contributed by atoms with van der Waals surface area (Å²) in [6.45, 7) is 3.78. The molecule has 0 aliphatic carbocycles. The predicted molar refractivity (Wildman–Crippen MR) is 90.6 cm³/mol. The molecule has 1 aromatic carbocycles. The van der Waals surface area contributed by atoms with Crippen molar-refractivity contribution in [3.05, 3.63) is 34.3 Å². The first-order valence-electron chi connectivity index (χ1n) is 7.70. The van der Waals surface area contributed by atoms with Crippen molar-refractivity contribution in [3.63, 3.8) is 0 Å². The lowest BCUT2D eigenvalue weighted by molar-refractivity contribution is 0.0624. The third-order valence-corrected chi connectivity index (χ3v) is 4.74. The van der Waals surface area contributed by atoms with Gasteiger partial charge in [0.2, 0.25) is 0 Å². The highest BCUT2D eigenvalue weighted by Gasteiger charge is 2.25. The average Bonchev–Trinajstić information content (AvgIpc) is 3.14. The van der Waals surface area contributed by atoms with Gasteiger partial charge in [0, 0.05) is 26.2 Å². The maximum absolute atomic E-state index is 12.8. The Hall–Kier alpha value is -2.19. The van der Waals surface area contributed by atoms with Crippen molar-refractivity contribution in [2.45, 2.75) is 6.54 Å². The lowest BCUT2D eigenvalue weighted by atomic mass is 10.1. The summed E-state index contributed by atoms with van der Waals surface area (Å²) in [6.07, 6.45) is 0. The number of carbonyl (C=O) groups excluding carboxylic acids is 1. The van der Waals surface area contributed by atoms with Crippen molar-refractivity contribution in [3.8, 4) is 11.5 Å². The van der Waals surface area contributed by atoms with Gasteiger partial charge < -0.3 is 14.4 Å². The standard InChI is InChI=1S/C16H20N4O3S/c1-22-13-5-3-4-12(15(13)23-2)16(21)20-8-6-19(7-9-20)10-14-18-17-11-24-14/h3-5,11H,6-10H2,1-2H3. The molecule has 2 heterocycles. The minimum absolute atomic E-state index is 0.0266. The van der Waals surface area contributed by atoms with Gasteiger partial charge in [0.05, 0.1) is 26.3 Å². The number of rotatable bonds is 5. The summed E-state index contributed by atoms with van der Waals surface area (Å²) < 4.78 is 10.6. The van der Waals surface area contributed by atoms with Crippen LogP contribution in [0.25, 0.3) is 0 Å². The van der Waals surface area contributed by atoms with Gasteiger partial charge in [-0.25, -0.2) is 0 Å². The van der Waals surface area contributed by atoms with Crippen LogP contribution in [-0.2, 0) is 6.54 Å². The number of nitrogens with zero attached hydrogens (tertiary/aromatic N) is 4. The molecule has 0 saturated carbocycles. The number of para-hydroxylation sites is 1. The first kappa shape index (κ1) is 16.7. The van der Waals surface area contributed by atoms with Gasteiger partial charge in [-0.15, -0.1) is 21.5 Å².